The Labute approximate surface area is 88.2 Å². The summed E-state index contributed by atoms with van der Waals surface area (Å²) in [5.74, 6) is 0. The molecule has 14 heavy (non-hydrogen) atoms. The molecule has 0 radical (unpaired) electrons. The second-order valence-electron chi connectivity index (χ2n) is 4.22. The molecule has 0 amide bonds. The first-order valence-electron chi connectivity index (χ1n) is 5.99. The molecule has 1 saturated heterocycles. The molecule has 0 unspecified atom stereocenters. The van der Waals surface area contributed by atoms with Crippen molar-refractivity contribution >= 4 is 0 Å². The Morgan fingerprint density at radius 2 is 1.43 bits per heavy atom. The first-order chi connectivity index (χ1) is 6.89. The zero-order valence-electron chi connectivity index (χ0n) is 9.52. The number of hydrogen-bond donors (Lipinski definition) is 2. The highest BCUT2D eigenvalue weighted by molar-refractivity contribution is 4.59. The van der Waals surface area contributed by atoms with Crippen LogP contribution in [-0.4, -0.2) is 51.2 Å². The van der Waals surface area contributed by atoms with Crippen molar-refractivity contribution in [1.82, 2.24) is 15.5 Å². The summed E-state index contributed by atoms with van der Waals surface area (Å²) in [5.41, 5.74) is 0. The van der Waals surface area contributed by atoms with E-state index in [-0.39, 0.29) is 0 Å². The van der Waals surface area contributed by atoms with Gasteiger partial charge in [-0.2, -0.15) is 0 Å². The molecule has 0 aliphatic carbocycles. The average Bonchev–Trinajstić information content (AvgIpc) is 2.20. The summed E-state index contributed by atoms with van der Waals surface area (Å²) < 4.78 is 0. The van der Waals surface area contributed by atoms with Crippen LogP contribution in [0.2, 0.25) is 0 Å². The van der Waals surface area contributed by atoms with E-state index in [4.69, 9.17) is 0 Å². The molecule has 0 aromatic carbocycles. The fraction of sp³-hybridized carbons (Fsp3) is 1.00. The summed E-state index contributed by atoms with van der Waals surface area (Å²) in [7, 11) is 2.22. The van der Waals surface area contributed by atoms with Gasteiger partial charge in [0.25, 0.3) is 0 Å². The highest BCUT2D eigenvalue weighted by Gasteiger charge is 1.99. The van der Waals surface area contributed by atoms with Crippen LogP contribution in [-0.2, 0) is 0 Å². The van der Waals surface area contributed by atoms with Crippen LogP contribution in [0.3, 0.4) is 0 Å². The molecule has 0 saturated carbocycles. The molecule has 0 aromatic rings. The van der Waals surface area contributed by atoms with Crippen LogP contribution in [0.4, 0.5) is 0 Å². The van der Waals surface area contributed by atoms with Crippen molar-refractivity contribution in [1.29, 1.82) is 0 Å². The van der Waals surface area contributed by atoms with Crippen LogP contribution in [0.15, 0.2) is 0 Å². The third-order valence-corrected chi connectivity index (χ3v) is 2.79. The van der Waals surface area contributed by atoms with Crippen molar-refractivity contribution < 1.29 is 0 Å². The number of likely N-dealkylation sites (N-methyl/N-ethyl adjacent to an activating group) is 1. The lowest BCUT2D eigenvalue weighted by Crippen LogP contribution is -2.33. The lowest BCUT2D eigenvalue weighted by atomic mass is 10.2. The van der Waals surface area contributed by atoms with Gasteiger partial charge in [0.15, 0.2) is 0 Å². The van der Waals surface area contributed by atoms with Gasteiger partial charge >= 0.3 is 0 Å². The minimum atomic E-state index is 1.10. The van der Waals surface area contributed by atoms with Crippen LogP contribution in [0.25, 0.3) is 0 Å². The first-order valence-corrected chi connectivity index (χ1v) is 5.99. The Balaban J connectivity index is 2.12. The highest BCUT2D eigenvalue weighted by Crippen LogP contribution is 2.00. The molecule has 1 rings (SSSR count). The molecule has 1 aliphatic rings. The molecule has 1 heterocycles. The van der Waals surface area contributed by atoms with Crippen molar-refractivity contribution in [2.45, 2.75) is 25.7 Å². The van der Waals surface area contributed by atoms with Gasteiger partial charge in [0.1, 0.15) is 0 Å². The Morgan fingerprint density at radius 1 is 0.714 bits per heavy atom. The van der Waals surface area contributed by atoms with Gasteiger partial charge in [0.2, 0.25) is 0 Å². The zero-order chi connectivity index (χ0) is 10.1. The Morgan fingerprint density at radius 3 is 2.29 bits per heavy atom. The van der Waals surface area contributed by atoms with Gasteiger partial charge in [-0.05, 0) is 33.0 Å². The van der Waals surface area contributed by atoms with E-state index in [2.05, 4.69) is 22.6 Å². The van der Waals surface area contributed by atoms with Gasteiger partial charge in [0, 0.05) is 26.2 Å². The first kappa shape index (κ1) is 12.0. The Bertz CT molecular complexity index is 114. The minimum Gasteiger partial charge on any atom is -0.315 e. The lowest BCUT2D eigenvalue weighted by Gasteiger charge is -2.16. The molecule has 3 nitrogen and oxygen atoms in total. The second kappa shape index (κ2) is 8.21. The molecular formula is C11H25N3. The molecule has 0 bridgehead atoms. The van der Waals surface area contributed by atoms with Crippen LogP contribution in [0.1, 0.15) is 25.7 Å². The van der Waals surface area contributed by atoms with Crippen molar-refractivity contribution in [2.75, 3.05) is 46.3 Å². The van der Waals surface area contributed by atoms with Crippen LogP contribution in [0.5, 0.6) is 0 Å². The molecular weight excluding hydrogens is 174 g/mol. The third kappa shape index (κ3) is 6.35. The van der Waals surface area contributed by atoms with E-state index in [1.54, 1.807) is 0 Å². The zero-order valence-corrected chi connectivity index (χ0v) is 9.52. The Hall–Kier alpha value is -0.120. The average molecular weight is 199 g/mol. The molecule has 0 spiro atoms. The molecule has 1 aliphatic heterocycles. The Kier molecular flexibility index (Phi) is 7.01. The summed E-state index contributed by atoms with van der Waals surface area (Å²) in [4.78, 5) is 2.43. The molecule has 0 atom stereocenters. The number of nitrogens with zero attached hydrogens (tertiary/aromatic N) is 1. The maximum Gasteiger partial charge on any atom is 0.0104 e. The van der Waals surface area contributed by atoms with E-state index in [0.29, 0.717) is 0 Å². The fourth-order valence-electron chi connectivity index (χ4n) is 1.79. The van der Waals surface area contributed by atoms with Gasteiger partial charge < -0.3 is 15.5 Å². The summed E-state index contributed by atoms with van der Waals surface area (Å²) in [6, 6.07) is 0. The van der Waals surface area contributed by atoms with E-state index in [1.807, 2.05) is 0 Å². The lowest BCUT2D eigenvalue weighted by molar-refractivity contribution is 0.323. The van der Waals surface area contributed by atoms with Gasteiger partial charge in [0.05, 0.1) is 0 Å². The van der Waals surface area contributed by atoms with Crippen LogP contribution >= 0.6 is 0 Å². The van der Waals surface area contributed by atoms with Gasteiger partial charge in [-0.15, -0.1) is 0 Å². The predicted molar refractivity (Wildman–Crippen MR) is 61.7 cm³/mol. The molecule has 0 aromatic heterocycles. The van der Waals surface area contributed by atoms with Crippen LogP contribution < -0.4 is 10.6 Å². The third-order valence-electron chi connectivity index (χ3n) is 2.79. The standard InChI is InChI=1S/C11H25N3/c1-14-10-5-3-2-4-6-12-7-8-13-9-11-14/h12-13H,2-11H2,1H3. The predicted octanol–water partition coefficient (Wildman–Crippen LogP) is 0.671. The SMILES string of the molecule is CN1CCCCCCNCCNCC1. The highest BCUT2D eigenvalue weighted by atomic mass is 15.1. The second-order valence-corrected chi connectivity index (χ2v) is 4.22. The van der Waals surface area contributed by atoms with Crippen molar-refractivity contribution in [3.63, 3.8) is 0 Å². The van der Waals surface area contributed by atoms with Gasteiger partial charge in [-0.3, -0.25) is 0 Å². The van der Waals surface area contributed by atoms with E-state index >= 15 is 0 Å². The normalized spacial score (nSPS) is 24.6. The van der Waals surface area contributed by atoms with Gasteiger partial charge in [-0.25, -0.2) is 0 Å². The molecule has 84 valence electrons. The summed E-state index contributed by atoms with van der Waals surface area (Å²) in [6.45, 7) is 6.97. The monoisotopic (exact) mass is 199 g/mol. The number of nitrogens with one attached hydrogen (secondary N) is 2. The summed E-state index contributed by atoms with van der Waals surface area (Å²) >= 11 is 0. The van der Waals surface area contributed by atoms with E-state index in [9.17, 15) is 0 Å². The van der Waals surface area contributed by atoms with Crippen LogP contribution in [0, 0.1) is 0 Å². The topological polar surface area (TPSA) is 27.3 Å². The smallest absolute Gasteiger partial charge is 0.0104 e. The van der Waals surface area contributed by atoms with E-state index < -0.39 is 0 Å². The summed E-state index contributed by atoms with van der Waals surface area (Å²) in [5, 5.41) is 6.91. The molecule has 1 fully saturated rings. The summed E-state index contributed by atoms with van der Waals surface area (Å²) in [6.07, 6.45) is 5.47. The van der Waals surface area contributed by atoms with Crippen molar-refractivity contribution in [3.8, 4) is 0 Å². The number of rotatable bonds is 0. The van der Waals surface area contributed by atoms with E-state index in [0.717, 1.165) is 19.6 Å². The largest absolute Gasteiger partial charge is 0.315 e. The van der Waals surface area contributed by atoms with Crippen molar-refractivity contribution in [3.05, 3.63) is 0 Å². The maximum absolute atomic E-state index is 3.46. The quantitative estimate of drug-likeness (QED) is 0.600. The minimum absolute atomic E-state index is 1.10. The fourth-order valence-corrected chi connectivity index (χ4v) is 1.79. The number of hydrogen-bond acceptors (Lipinski definition) is 3. The molecule has 2 N–H and O–H groups in total. The van der Waals surface area contributed by atoms with E-state index in [1.165, 1.54) is 45.3 Å². The maximum atomic E-state index is 3.46. The molecule has 3 heteroatoms. The van der Waals surface area contributed by atoms with Crippen molar-refractivity contribution in [2.24, 2.45) is 0 Å². The van der Waals surface area contributed by atoms with Gasteiger partial charge in [-0.1, -0.05) is 12.8 Å².